The number of hydrogen-bond donors (Lipinski definition) is 2. The second-order valence-corrected chi connectivity index (χ2v) is 5.39. The van der Waals surface area contributed by atoms with E-state index in [-0.39, 0.29) is 11.6 Å². The largest absolute Gasteiger partial charge is 0.377 e. The van der Waals surface area contributed by atoms with E-state index in [0.717, 1.165) is 31.2 Å². The molecular formula is C14H24N4O2. The van der Waals surface area contributed by atoms with Crippen LogP contribution in [0.1, 0.15) is 26.6 Å². The molecule has 112 valence electrons. The Bertz CT molecular complexity index is 486. The van der Waals surface area contributed by atoms with E-state index in [1.807, 2.05) is 6.92 Å². The van der Waals surface area contributed by atoms with Crippen LogP contribution in [0.5, 0.6) is 0 Å². The van der Waals surface area contributed by atoms with Crippen molar-refractivity contribution < 1.29 is 4.74 Å². The van der Waals surface area contributed by atoms with Gasteiger partial charge in [0, 0.05) is 31.6 Å². The molecule has 6 nitrogen and oxygen atoms in total. The topological polar surface area (TPSA) is 70.2 Å². The number of nitrogens with zero attached hydrogens (tertiary/aromatic N) is 2. The lowest BCUT2D eigenvalue weighted by atomic mass is 10.2. The van der Waals surface area contributed by atoms with Crippen molar-refractivity contribution in [2.24, 2.45) is 0 Å². The minimum Gasteiger partial charge on any atom is -0.377 e. The summed E-state index contributed by atoms with van der Waals surface area (Å²) in [5, 5.41) is 3.42. The number of nitrogens with one attached hydrogen (secondary N) is 2. The van der Waals surface area contributed by atoms with Crippen LogP contribution in [-0.4, -0.2) is 48.4 Å². The van der Waals surface area contributed by atoms with Crippen LogP contribution in [-0.2, 0) is 11.2 Å². The van der Waals surface area contributed by atoms with Gasteiger partial charge in [0.25, 0.3) is 5.56 Å². The first-order valence-electron chi connectivity index (χ1n) is 7.28. The molecule has 1 saturated heterocycles. The third-order valence-electron chi connectivity index (χ3n) is 3.40. The van der Waals surface area contributed by atoms with Crippen LogP contribution in [0.4, 0.5) is 5.82 Å². The van der Waals surface area contributed by atoms with Crippen LogP contribution >= 0.6 is 0 Å². The summed E-state index contributed by atoms with van der Waals surface area (Å²) in [7, 11) is 0. The summed E-state index contributed by atoms with van der Waals surface area (Å²) < 4.78 is 5.56. The number of H-pyrrole nitrogens is 1. The Morgan fingerprint density at radius 2 is 2.40 bits per heavy atom. The Hall–Kier alpha value is -1.40. The summed E-state index contributed by atoms with van der Waals surface area (Å²) in [4.78, 5) is 21.2. The fourth-order valence-corrected chi connectivity index (χ4v) is 2.31. The molecule has 2 heterocycles. The molecule has 1 unspecified atom stereocenters. The molecule has 6 heteroatoms. The Kier molecular flexibility index (Phi) is 5.14. The highest BCUT2D eigenvalue weighted by Gasteiger charge is 2.24. The summed E-state index contributed by atoms with van der Waals surface area (Å²) in [6, 6.07) is 2.22. The van der Waals surface area contributed by atoms with Gasteiger partial charge in [0.1, 0.15) is 11.6 Å². The molecule has 1 aromatic rings. The fourth-order valence-electron chi connectivity index (χ4n) is 2.31. The number of aromatic nitrogens is 2. The van der Waals surface area contributed by atoms with Gasteiger partial charge in [0.2, 0.25) is 0 Å². The highest BCUT2D eigenvalue weighted by molar-refractivity contribution is 5.39. The lowest BCUT2D eigenvalue weighted by Crippen LogP contribution is -2.52. The van der Waals surface area contributed by atoms with Gasteiger partial charge in [-0.2, -0.15) is 0 Å². The molecule has 0 amide bonds. The van der Waals surface area contributed by atoms with Gasteiger partial charge in [0.05, 0.1) is 19.3 Å². The van der Waals surface area contributed by atoms with Gasteiger partial charge in [-0.15, -0.1) is 0 Å². The second kappa shape index (κ2) is 6.85. The normalized spacial score (nSPS) is 19.6. The van der Waals surface area contributed by atoms with E-state index in [9.17, 15) is 4.79 Å². The van der Waals surface area contributed by atoms with Crippen LogP contribution < -0.4 is 15.8 Å². The van der Waals surface area contributed by atoms with Gasteiger partial charge < -0.3 is 19.9 Å². The average molecular weight is 280 g/mol. The molecule has 0 aliphatic carbocycles. The van der Waals surface area contributed by atoms with Crippen molar-refractivity contribution in [1.29, 1.82) is 0 Å². The zero-order valence-electron chi connectivity index (χ0n) is 12.5. The van der Waals surface area contributed by atoms with E-state index >= 15 is 0 Å². The van der Waals surface area contributed by atoms with Gasteiger partial charge in [-0.25, -0.2) is 4.98 Å². The number of hydrogen-bond acceptors (Lipinski definition) is 5. The van der Waals surface area contributed by atoms with Crippen molar-refractivity contribution >= 4 is 5.82 Å². The van der Waals surface area contributed by atoms with Crippen molar-refractivity contribution in [2.75, 3.05) is 31.2 Å². The molecule has 0 spiro atoms. The van der Waals surface area contributed by atoms with Gasteiger partial charge in [-0.1, -0.05) is 20.8 Å². The Labute approximate surface area is 119 Å². The zero-order chi connectivity index (χ0) is 14.5. The molecule has 0 aromatic carbocycles. The maximum absolute atomic E-state index is 11.7. The lowest BCUT2D eigenvalue weighted by Gasteiger charge is -2.37. The van der Waals surface area contributed by atoms with E-state index < -0.39 is 0 Å². The quantitative estimate of drug-likeness (QED) is 0.823. The summed E-state index contributed by atoms with van der Waals surface area (Å²) in [5.41, 5.74) is -0.0890. The first kappa shape index (κ1) is 15.0. The van der Waals surface area contributed by atoms with Crippen LogP contribution in [0.2, 0.25) is 0 Å². The molecule has 2 rings (SSSR count). The first-order valence-corrected chi connectivity index (χ1v) is 7.28. The van der Waals surface area contributed by atoms with Gasteiger partial charge in [-0.3, -0.25) is 4.79 Å². The number of aryl methyl sites for hydroxylation is 1. The predicted octanol–water partition coefficient (Wildman–Crippen LogP) is 0.536. The number of anilines is 1. The van der Waals surface area contributed by atoms with Crippen molar-refractivity contribution in [3.63, 3.8) is 0 Å². The van der Waals surface area contributed by atoms with Crippen molar-refractivity contribution in [2.45, 2.75) is 39.3 Å². The Morgan fingerprint density at radius 3 is 3.10 bits per heavy atom. The maximum Gasteiger partial charge on any atom is 0.252 e. The van der Waals surface area contributed by atoms with Crippen molar-refractivity contribution in [3.8, 4) is 0 Å². The van der Waals surface area contributed by atoms with Crippen LogP contribution in [0.3, 0.4) is 0 Å². The number of aromatic amines is 1. The number of morpholine rings is 1. The highest BCUT2D eigenvalue weighted by Crippen LogP contribution is 2.15. The SMILES string of the molecule is CCc1nc(N2CCOCC2CNC(C)C)cc(=O)[nH]1. The summed E-state index contributed by atoms with van der Waals surface area (Å²) in [6.07, 6.45) is 0.725. The number of rotatable bonds is 5. The molecule has 20 heavy (non-hydrogen) atoms. The first-order chi connectivity index (χ1) is 9.60. The second-order valence-electron chi connectivity index (χ2n) is 5.39. The summed E-state index contributed by atoms with van der Waals surface area (Å²) in [5.74, 6) is 1.49. The average Bonchev–Trinajstić information content (AvgIpc) is 2.44. The Balaban J connectivity index is 2.18. The molecule has 0 bridgehead atoms. The van der Waals surface area contributed by atoms with Gasteiger partial charge >= 0.3 is 0 Å². The number of ether oxygens (including phenoxy) is 1. The van der Waals surface area contributed by atoms with E-state index in [1.165, 1.54) is 0 Å². The molecule has 0 saturated carbocycles. The smallest absolute Gasteiger partial charge is 0.252 e. The zero-order valence-corrected chi connectivity index (χ0v) is 12.5. The molecule has 2 N–H and O–H groups in total. The van der Waals surface area contributed by atoms with Crippen molar-refractivity contribution in [3.05, 3.63) is 22.2 Å². The molecule has 1 aromatic heterocycles. The van der Waals surface area contributed by atoms with Crippen molar-refractivity contribution in [1.82, 2.24) is 15.3 Å². The lowest BCUT2D eigenvalue weighted by molar-refractivity contribution is 0.0927. The molecule has 1 aliphatic rings. The van der Waals surface area contributed by atoms with E-state index in [4.69, 9.17) is 4.74 Å². The minimum absolute atomic E-state index is 0.0890. The van der Waals surface area contributed by atoms with E-state index in [2.05, 4.69) is 34.0 Å². The van der Waals surface area contributed by atoms with E-state index in [0.29, 0.717) is 19.3 Å². The van der Waals surface area contributed by atoms with E-state index in [1.54, 1.807) is 6.07 Å². The van der Waals surface area contributed by atoms with Crippen LogP contribution in [0.25, 0.3) is 0 Å². The Morgan fingerprint density at radius 1 is 1.60 bits per heavy atom. The third-order valence-corrected chi connectivity index (χ3v) is 3.40. The maximum atomic E-state index is 11.7. The molecular weight excluding hydrogens is 256 g/mol. The third kappa shape index (κ3) is 3.80. The predicted molar refractivity (Wildman–Crippen MR) is 79.3 cm³/mol. The van der Waals surface area contributed by atoms with Gasteiger partial charge in [0.15, 0.2) is 0 Å². The monoisotopic (exact) mass is 280 g/mol. The molecule has 1 fully saturated rings. The highest BCUT2D eigenvalue weighted by atomic mass is 16.5. The molecule has 0 radical (unpaired) electrons. The van der Waals surface area contributed by atoms with Crippen LogP contribution in [0.15, 0.2) is 10.9 Å². The minimum atomic E-state index is -0.0890. The molecule has 1 aliphatic heterocycles. The summed E-state index contributed by atoms with van der Waals surface area (Å²) in [6.45, 7) is 9.16. The molecule has 1 atom stereocenters. The fraction of sp³-hybridized carbons (Fsp3) is 0.714. The summed E-state index contributed by atoms with van der Waals surface area (Å²) >= 11 is 0. The van der Waals surface area contributed by atoms with Crippen LogP contribution in [0, 0.1) is 0 Å². The standard InChI is InChI=1S/C14H24N4O2/c1-4-12-16-13(7-14(19)17-12)18-5-6-20-9-11(18)8-15-10(2)3/h7,10-11,15H,4-6,8-9H2,1-3H3,(H,16,17,19). The van der Waals surface area contributed by atoms with Gasteiger partial charge in [-0.05, 0) is 0 Å².